The van der Waals surface area contributed by atoms with Crippen molar-refractivity contribution in [3.8, 4) is 5.75 Å². The van der Waals surface area contributed by atoms with E-state index in [1.54, 1.807) is 18.2 Å². The third kappa shape index (κ3) is 5.03. The van der Waals surface area contributed by atoms with E-state index in [-0.39, 0.29) is 30.1 Å². The molecule has 3 aromatic rings. The summed E-state index contributed by atoms with van der Waals surface area (Å²) in [6, 6.07) is 15.2. The molecule has 28 heavy (non-hydrogen) atoms. The average molecular weight is 380 g/mol. The second-order valence-electron chi connectivity index (χ2n) is 6.33. The molecule has 0 bridgehead atoms. The van der Waals surface area contributed by atoms with Crippen molar-refractivity contribution < 1.29 is 13.9 Å². The van der Waals surface area contributed by atoms with Gasteiger partial charge in [-0.05, 0) is 38.1 Å². The Balaban J connectivity index is 1.70. The summed E-state index contributed by atoms with van der Waals surface area (Å²) in [5.74, 6) is 0.142. The topological polar surface area (TPSA) is 76.1 Å². The van der Waals surface area contributed by atoms with Gasteiger partial charge in [0.05, 0.1) is 11.8 Å². The zero-order valence-electron chi connectivity index (χ0n) is 15.6. The van der Waals surface area contributed by atoms with Crippen molar-refractivity contribution in [2.24, 2.45) is 0 Å². The third-order valence-corrected chi connectivity index (χ3v) is 3.78. The van der Waals surface area contributed by atoms with Crippen LogP contribution in [0.15, 0.2) is 60.8 Å². The summed E-state index contributed by atoms with van der Waals surface area (Å²) < 4.78 is 19.4. The molecule has 1 aromatic heterocycles. The number of amides is 1. The summed E-state index contributed by atoms with van der Waals surface area (Å²) >= 11 is 0. The Bertz CT molecular complexity index is 962. The fraction of sp³-hybridized carbons (Fsp3) is 0.190. The van der Waals surface area contributed by atoms with Gasteiger partial charge in [-0.2, -0.15) is 0 Å². The van der Waals surface area contributed by atoms with Crippen molar-refractivity contribution in [2.45, 2.75) is 26.5 Å². The van der Waals surface area contributed by atoms with E-state index in [0.29, 0.717) is 17.0 Å². The van der Waals surface area contributed by atoms with Crippen LogP contribution in [0.1, 0.15) is 29.9 Å². The van der Waals surface area contributed by atoms with Gasteiger partial charge < -0.3 is 15.4 Å². The van der Waals surface area contributed by atoms with Crippen LogP contribution < -0.4 is 15.4 Å². The molecule has 1 heterocycles. The van der Waals surface area contributed by atoms with Crippen LogP contribution in [0.4, 0.5) is 16.0 Å². The second kappa shape index (κ2) is 8.94. The Morgan fingerprint density at radius 2 is 1.86 bits per heavy atom. The maximum absolute atomic E-state index is 13.7. The fourth-order valence-corrected chi connectivity index (χ4v) is 2.50. The van der Waals surface area contributed by atoms with Crippen molar-refractivity contribution in [3.05, 3.63) is 77.9 Å². The van der Waals surface area contributed by atoms with Gasteiger partial charge in [0.1, 0.15) is 17.3 Å². The summed E-state index contributed by atoms with van der Waals surface area (Å²) in [5.41, 5.74) is 1.28. The normalized spacial score (nSPS) is 10.6. The first-order valence-corrected chi connectivity index (χ1v) is 8.90. The van der Waals surface area contributed by atoms with E-state index in [0.717, 1.165) is 0 Å². The molecule has 144 valence electrons. The van der Waals surface area contributed by atoms with Gasteiger partial charge in [-0.1, -0.05) is 30.3 Å². The van der Waals surface area contributed by atoms with Gasteiger partial charge in [-0.3, -0.25) is 4.79 Å². The molecule has 0 fully saturated rings. The maximum atomic E-state index is 13.7. The van der Waals surface area contributed by atoms with Gasteiger partial charge >= 0.3 is 0 Å². The third-order valence-electron chi connectivity index (χ3n) is 3.78. The largest absolute Gasteiger partial charge is 0.489 e. The van der Waals surface area contributed by atoms with Crippen molar-refractivity contribution in [1.82, 2.24) is 15.3 Å². The molecular formula is C21H21FN4O2. The van der Waals surface area contributed by atoms with E-state index < -0.39 is 5.91 Å². The van der Waals surface area contributed by atoms with Crippen LogP contribution >= 0.6 is 0 Å². The number of benzene rings is 2. The molecule has 7 heteroatoms. The average Bonchev–Trinajstić information content (AvgIpc) is 2.68. The summed E-state index contributed by atoms with van der Waals surface area (Å²) in [6.07, 6.45) is 1.50. The van der Waals surface area contributed by atoms with E-state index >= 15 is 0 Å². The Morgan fingerprint density at radius 3 is 2.64 bits per heavy atom. The minimum absolute atomic E-state index is 0.0133. The first-order chi connectivity index (χ1) is 13.5. The number of nitrogens with one attached hydrogen (secondary N) is 2. The minimum atomic E-state index is -0.416. The smallest absolute Gasteiger partial charge is 0.270 e. The first-order valence-electron chi connectivity index (χ1n) is 8.90. The maximum Gasteiger partial charge on any atom is 0.270 e. The van der Waals surface area contributed by atoms with Crippen molar-refractivity contribution in [3.63, 3.8) is 0 Å². The molecule has 2 aromatic carbocycles. The minimum Gasteiger partial charge on any atom is -0.489 e. The zero-order chi connectivity index (χ0) is 19.9. The summed E-state index contributed by atoms with van der Waals surface area (Å²) in [4.78, 5) is 20.8. The number of nitrogens with zero attached hydrogens (tertiary/aromatic N) is 2. The number of rotatable bonds is 7. The lowest BCUT2D eigenvalue weighted by Gasteiger charge is -2.14. The van der Waals surface area contributed by atoms with Gasteiger partial charge in [0.2, 0.25) is 5.95 Å². The van der Waals surface area contributed by atoms with E-state index in [9.17, 15) is 9.18 Å². The van der Waals surface area contributed by atoms with Crippen LogP contribution in [0.2, 0.25) is 0 Å². The molecule has 0 saturated carbocycles. The highest BCUT2D eigenvalue weighted by Crippen LogP contribution is 2.27. The number of para-hydroxylation sites is 2. The standard InChI is InChI=1S/C21H21FN4O2/c1-14(2)28-19-10-6-5-9-17(19)25-21-23-12-11-18(26-21)20(27)24-13-15-7-3-4-8-16(15)22/h3-12,14H,13H2,1-2H3,(H,24,27)(H,23,25,26). The molecule has 2 N–H and O–H groups in total. The zero-order valence-corrected chi connectivity index (χ0v) is 15.6. The number of aromatic nitrogens is 2. The van der Waals surface area contributed by atoms with E-state index in [1.807, 2.05) is 38.1 Å². The molecule has 0 radical (unpaired) electrons. The lowest BCUT2D eigenvalue weighted by Crippen LogP contribution is -2.24. The first kappa shape index (κ1) is 19.3. The number of anilines is 2. The highest BCUT2D eigenvalue weighted by molar-refractivity contribution is 5.92. The lowest BCUT2D eigenvalue weighted by atomic mass is 10.2. The molecule has 0 aliphatic heterocycles. The molecule has 0 atom stereocenters. The quantitative estimate of drug-likeness (QED) is 0.646. The Morgan fingerprint density at radius 1 is 1.11 bits per heavy atom. The van der Waals surface area contributed by atoms with Crippen LogP contribution in [0.25, 0.3) is 0 Å². The predicted octanol–water partition coefficient (Wildman–Crippen LogP) is 4.08. The summed E-state index contributed by atoms with van der Waals surface area (Å²) in [7, 11) is 0. The number of hydrogen-bond acceptors (Lipinski definition) is 5. The van der Waals surface area contributed by atoms with Gasteiger partial charge in [0.15, 0.2) is 0 Å². The molecule has 1 amide bonds. The molecular weight excluding hydrogens is 359 g/mol. The van der Waals surface area contributed by atoms with Crippen LogP contribution in [-0.2, 0) is 6.54 Å². The molecule has 0 saturated heterocycles. The highest BCUT2D eigenvalue weighted by Gasteiger charge is 2.11. The highest BCUT2D eigenvalue weighted by atomic mass is 19.1. The number of ether oxygens (including phenoxy) is 1. The SMILES string of the molecule is CC(C)Oc1ccccc1Nc1nccc(C(=O)NCc2ccccc2F)n1. The van der Waals surface area contributed by atoms with Gasteiger partial charge in [-0.15, -0.1) is 0 Å². The molecule has 0 unspecified atom stereocenters. The predicted molar refractivity (Wildman–Crippen MR) is 105 cm³/mol. The monoisotopic (exact) mass is 380 g/mol. The van der Waals surface area contributed by atoms with Crippen LogP contribution in [0.5, 0.6) is 5.75 Å². The van der Waals surface area contributed by atoms with E-state index in [1.165, 1.54) is 18.3 Å². The van der Waals surface area contributed by atoms with Crippen LogP contribution in [0, 0.1) is 5.82 Å². The number of hydrogen-bond donors (Lipinski definition) is 2. The van der Waals surface area contributed by atoms with Crippen molar-refractivity contribution in [1.29, 1.82) is 0 Å². The van der Waals surface area contributed by atoms with Crippen molar-refractivity contribution in [2.75, 3.05) is 5.32 Å². The van der Waals surface area contributed by atoms with Gasteiger partial charge in [-0.25, -0.2) is 14.4 Å². The molecule has 0 spiro atoms. The molecule has 6 nitrogen and oxygen atoms in total. The molecule has 3 rings (SSSR count). The summed E-state index contributed by atoms with van der Waals surface area (Å²) in [5, 5.41) is 5.73. The Hall–Kier alpha value is -3.48. The van der Waals surface area contributed by atoms with E-state index in [2.05, 4.69) is 20.6 Å². The molecule has 0 aliphatic rings. The number of carbonyl (C=O) groups excluding carboxylic acids is 1. The van der Waals surface area contributed by atoms with E-state index in [4.69, 9.17) is 4.74 Å². The number of carbonyl (C=O) groups is 1. The van der Waals surface area contributed by atoms with Crippen molar-refractivity contribution >= 4 is 17.5 Å². The second-order valence-corrected chi connectivity index (χ2v) is 6.33. The lowest BCUT2D eigenvalue weighted by molar-refractivity contribution is 0.0945. The fourth-order valence-electron chi connectivity index (χ4n) is 2.50. The summed E-state index contributed by atoms with van der Waals surface area (Å²) in [6.45, 7) is 3.95. The number of halogens is 1. The Labute approximate surface area is 162 Å². The Kier molecular flexibility index (Phi) is 6.16. The van der Waals surface area contributed by atoms with Crippen LogP contribution in [-0.4, -0.2) is 22.0 Å². The molecule has 0 aliphatic carbocycles. The van der Waals surface area contributed by atoms with Gasteiger partial charge in [0.25, 0.3) is 5.91 Å². The van der Waals surface area contributed by atoms with Crippen LogP contribution in [0.3, 0.4) is 0 Å². The van der Waals surface area contributed by atoms with Gasteiger partial charge in [0, 0.05) is 18.3 Å².